The van der Waals surface area contributed by atoms with Crippen molar-refractivity contribution in [2.75, 3.05) is 6.54 Å². The summed E-state index contributed by atoms with van der Waals surface area (Å²) in [5, 5.41) is 6.33. The van der Waals surface area contributed by atoms with Crippen LogP contribution in [0.15, 0.2) is 16.8 Å². The van der Waals surface area contributed by atoms with Crippen LogP contribution in [0.4, 0.5) is 8.78 Å². The molecule has 1 fully saturated rings. The normalized spacial score (nSPS) is 23.4. The van der Waals surface area contributed by atoms with Crippen LogP contribution < -0.4 is 5.32 Å². The van der Waals surface area contributed by atoms with Gasteiger partial charge in [-0.2, -0.15) is 8.78 Å². The number of esters is 1. The fourth-order valence-corrected chi connectivity index (χ4v) is 1.45. The van der Waals surface area contributed by atoms with Crippen molar-refractivity contribution in [2.24, 2.45) is 0 Å². The van der Waals surface area contributed by atoms with E-state index in [1.807, 2.05) is 0 Å². The van der Waals surface area contributed by atoms with Crippen molar-refractivity contribution < 1.29 is 22.8 Å². The van der Waals surface area contributed by atoms with E-state index in [-0.39, 0.29) is 6.54 Å². The number of ether oxygens (including phenoxy) is 1. The van der Waals surface area contributed by atoms with Crippen LogP contribution in [0.5, 0.6) is 0 Å². The van der Waals surface area contributed by atoms with Gasteiger partial charge in [0, 0.05) is 12.6 Å². The SMILES string of the molecule is O=C1OC(CNCc2ccno2)CC1(F)F. The summed E-state index contributed by atoms with van der Waals surface area (Å²) in [6.45, 7) is 0.529. The Morgan fingerprint density at radius 1 is 1.62 bits per heavy atom. The van der Waals surface area contributed by atoms with E-state index in [9.17, 15) is 13.6 Å². The molecular weight excluding hydrogens is 222 g/mol. The quantitative estimate of drug-likeness (QED) is 0.775. The fourth-order valence-electron chi connectivity index (χ4n) is 1.45. The second-order valence-electron chi connectivity index (χ2n) is 3.55. The van der Waals surface area contributed by atoms with E-state index >= 15 is 0 Å². The fraction of sp³-hybridized carbons (Fsp3) is 0.556. The minimum absolute atomic E-state index is 0.169. The molecule has 88 valence electrons. The highest BCUT2D eigenvalue weighted by molar-refractivity contribution is 5.79. The summed E-state index contributed by atoms with van der Waals surface area (Å²) in [7, 11) is 0. The zero-order chi connectivity index (χ0) is 11.6. The molecule has 1 aromatic rings. The molecule has 0 spiro atoms. The highest BCUT2D eigenvalue weighted by Gasteiger charge is 2.50. The number of carbonyl (C=O) groups is 1. The molecule has 1 atom stereocenters. The van der Waals surface area contributed by atoms with Crippen LogP contribution in [-0.4, -0.2) is 29.7 Å². The first kappa shape index (κ1) is 11.0. The van der Waals surface area contributed by atoms with Crippen LogP contribution in [0.3, 0.4) is 0 Å². The number of nitrogens with zero attached hydrogens (tertiary/aromatic N) is 1. The molecule has 1 N–H and O–H groups in total. The molecule has 0 radical (unpaired) electrons. The van der Waals surface area contributed by atoms with Gasteiger partial charge in [0.2, 0.25) is 0 Å². The average molecular weight is 232 g/mol. The second kappa shape index (κ2) is 4.17. The molecule has 0 aliphatic carbocycles. The third-order valence-electron chi connectivity index (χ3n) is 2.22. The summed E-state index contributed by atoms with van der Waals surface area (Å²) in [4.78, 5) is 10.7. The predicted octanol–water partition coefficient (Wildman–Crippen LogP) is 0.715. The Hall–Kier alpha value is -1.50. The van der Waals surface area contributed by atoms with Gasteiger partial charge in [-0.3, -0.25) is 0 Å². The molecule has 1 aromatic heterocycles. The topological polar surface area (TPSA) is 64.4 Å². The molecule has 1 aliphatic heterocycles. The minimum Gasteiger partial charge on any atom is -0.456 e. The second-order valence-corrected chi connectivity index (χ2v) is 3.55. The number of rotatable bonds is 4. The van der Waals surface area contributed by atoms with Crippen LogP contribution in [0.2, 0.25) is 0 Å². The number of halogens is 2. The maximum absolute atomic E-state index is 12.8. The Morgan fingerprint density at radius 3 is 3.00 bits per heavy atom. The zero-order valence-electron chi connectivity index (χ0n) is 8.28. The number of hydrogen-bond acceptors (Lipinski definition) is 5. The first-order valence-electron chi connectivity index (χ1n) is 4.77. The Balaban J connectivity index is 1.74. The Labute approximate surface area is 89.7 Å². The number of aromatic nitrogens is 1. The van der Waals surface area contributed by atoms with Crippen LogP contribution in [0.1, 0.15) is 12.2 Å². The number of hydrogen-bond donors (Lipinski definition) is 1. The van der Waals surface area contributed by atoms with Gasteiger partial charge < -0.3 is 14.6 Å². The van der Waals surface area contributed by atoms with E-state index in [2.05, 4.69) is 15.2 Å². The van der Waals surface area contributed by atoms with Crippen LogP contribution in [0, 0.1) is 0 Å². The van der Waals surface area contributed by atoms with E-state index < -0.39 is 24.4 Å². The molecule has 0 bridgehead atoms. The smallest absolute Gasteiger partial charge is 0.377 e. The van der Waals surface area contributed by atoms with Crippen molar-refractivity contribution in [2.45, 2.75) is 25.0 Å². The average Bonchev–Trinajstić information content (AvgIpc) is 2.76. The van der Waals surface area contributed by atoms with Crippen molar-refractivity contribution in [3.63, 3.8) is 0 Å². The number of alkyl halides is 2. The van der Waals surface area contributed by atoms with Crippen molar-refractivity contribution >= 4 is 5.97 Å². The molecule has 0 aromatic carbocycles. The van der Waals surface area contributed by atoms with Crippen molar-refractivity contribution in [3.8, 4) is 0 Å². The summed E-state index contributed by atoms with van der Waals surface area (Å²) in [5.74, 6) is -4.20. The van der Waals surface area contributed by atoms with Gasteiger partial charge in [0.15, 0.2) is 0 Å². The monoisotopic (exact) mass is 232 g/mol. The van der Waals surface area contributed by atoms with E-state index in [0.717, 1.165) is 0 Å². The lowest BCUT2D eigenvalue weighted by Gasteiger charge is -2.08. The van der Waals surface area contributed by atoms with E-state index in [0.29, 0.717) is 12.3 Å². The van der Waals surface area contributed by atoms with Crippen molar-refractivity contribution in [3.05, 3.63) is 18.0 Å². The van der Waals surface area contributed by atoms with Gasteiger partial charge in [0.05, 0.1) is 19.2 Å². The van der Waals surface area contributed by atoms with Gasteiger partial charge >= 0.3 is 11.9 Å². The van der Waals surface area contributed by atoms with Crippen molar-refractivity contribution in [1.29, 1.82) is 0 Å². The molecular formula is C9H10F2N2O3. The lowest BCUT2D eigenvalue weighted by atomic mass is 10.2. The zero-order valence-corrected chi connectivity index (χ0v) is 8.28. The van der Waals surface area contributed by atoms with Gasteiger partial charge in [-0.05, 0) is 0 Å². The largest absolute Gasteiger partial charge is 0.456 e. The predicted molar refractivity (Wildman–Crippen MR) is 47.7 cm³/mol. The summed E-state index contributed by atoms with van der Waals surface area (Å²) in [6, 6.07) is 1.66. The highest BCUT2D eigenvalue weighted by atomic mass is 19.3. The standard InChI is InChI=1S/C9H10F2N2O3/c10-9(11)3-7(15-8(9)14)5-12-4-6-1-2-13-16-6/h1-2,7,12H,3-5H2. The number of nitrogens with one attached hydrogen (secondary N) is 1. The van der Waals surface area contributed by atoms with Crippen LogP contribution >= 0.6 is 0 Å². The maximum Gasteiger partial charge on any atom is 0.377 e. The third-order valence-corrected chi connectivity index (χ3v) is 2.22. The molecule has 16 heavy (non-hydrogen) atoms. The van der Waals surface area contributed by atoms with Gasteiger partial charge in [0.1, 0.15) is 11.9 Å². The van der Waals surface area contributed by atoms with Gasteiger partial charge in [0.25, 0.3) is 0 Å². The summed E-state index contributed by atoms with van der Waals surface area (Å²) < 4.78 is 34.8. The van der Waals surface area contributed by atoms with Crippen LogP contribution in [0.25, 0.3) is 0 Å². The lowest BCUT2D eigenvalue weighted by Crippen LogP contribution is -2.26. The van der Waals surface area contributed by atoms with E-state index in [1.54, 1.807) is 6.07 Å². The Bertz CT molecular complexity index is 367. The molecule has 1 saturated heterocycles. The first-order chi connectivity index (χ1) is 7.58. The molecule has 7 heteroatoms. The lowest BCUT2D eigenvalue weighted by molar-refractivity contribution is -0.159. The highest BCUT2D eigenvalue weighted by Crippen LogP contribution is 2.30. The minimum atomic E-state index is -3.35. The molecule has 5 nitrogen and oxygen atoms in total. The molecule has 0 saturated carbocycles. The molecule has 0 amide bonds. The number of carbonyl (C=O) groups excluding carboxylic acids is 1. The Morgan fingerprint density at radius 2 is 2.44 bits per heavy atom. The molecule has 1 unspecified atom stereocenters. The maximum atomic E-state index is 12.8. The van der Waals surface area contributed by atoms with E-state index in [4.69, 9.17) is 4.52 Å². The third kappa shape index (κ3) is 2.35. The van der Waals surface area contributed by atoms with Crippen LogP contribution in [-0.2, 0) is 16.1 Å². The summed E-state index contributed by atoms with van der Waals surface area (Å²) in [5.41, 5.74) is 0. The number of cyclic esters (lactones) is 1. The molecule has 2 rings (SSSR count). The van der Waals surface area contributed by atoms with Gasteiger partial charge in [-0.1, -0.05) is 5.16 Å². The summed E-state index contributed by atoms with van der Waals surface area (Å²) in [6.07, 6.45) is 0.126. The molecule has 1 aliphatic rings. The molecule has 2 heterocycles. The van der Waals surface area contributed by atoms with Gasteiger partial charge in [-0.25, -0.2) is 4.79 Å². The summed E-state index contributed by atoms with van der Waals surface area (Å²) >= 11 is 0. The van der Waals surface area contributed by atoms with E-state index in [1.165, 1.54) is 6.20 Å². The Kier molecular flexibility index (Phi) is 2.86. The van der Waals surface area contributed by atoms with Crippen molar-refractivity contribution in [1.82, 2.24) is 10.5 Å². The van der Waals surface area contributed by atoms with Gasteiger partial charge in [-0.15, -0.1) is 0 Å². The first-order valence-corrected chi connectivity index (χ1v) is 4.77.